The zero-order chi connectivity index (χ0) is 28.8. The molecule has 0 atom stereocenters. The second-order valence-corrected chi connectivity index (χ2v) is 10.2. The molecule has 1 aromatic carbocycles. The zero-order valence-electron chi connectivity index (χ0n) is 22.8. The lowest BCUT2D eigenvalue weighted by Crippen LogP contribution is -2.15. The Morgan fingerprint density at radius 3 is 2.27 bits per heavy atom. The molecule has 1 saturated carbocycles. The van der Waals surface area contributed by atoms with Crippen LogP contribution in [0.1, 0.15) is 66.1 Å². The average Bonchev–Trinajstić information content (AvgIpc) is 3.41. The maximum atomic E-state index is 12.9. The quantitative estimate of drug-likeness (QED) is 0.158. The van der Waals surface area contributed by atoms with Gasteiger partial charge in [0.25, 0.3) is 0 Å². The van der Waals surface area contributed by atoms with Gasteiger partial charge in [0.15, 0.2) is 5.78 Å². The van der Waals surface area contributed by atoms with Gasteiger partial charge in [-0.1, -0.05) is 22.8 Å². The van der Waals surface area contributed by atoms with Gasteiger partial charge in [-0.25, -0.2) is 0 Å². The highest BCUT2D eigenvalue weighted by atomic mass is 35.5. The van der Waals surface area contributed by atoms with Crippen LogP contribution < -0.4 is 5.32 Å². The number of alkyl halides is 3. The molecular formula is C28H38ClF3N2O6. The van der Waals surface area contributed by atoms with Crippen molar-refractivity contribution in [3.05, 3.63) is 46.1 Å². The van der Waals surface area contributed by atoms with Gasteiger partial charge in [0.2, 0.25) is 5.88 Å². The molecule has 1 heterocycles. The molecule has 1 fully saturated rings. The minimum absolute atomic E-state index is 0.190. The topological polar surface area (TPSA) is 92.1 Å². The Morgan fingerprint density at radius 2 is 1.65 bits per heavy atom. The highest BCUT2D eigenvalue weighted by Crippen LogP contribution is 2.38. The first kappa shape index (κ1) is 32.3. The van der Waals surface area contributed by atoms with Gasteiger partial charge in [0, 0.05) is 37.6 Å². The van der Waals surface area contributed by atoms with E-state index in [0.717, 1.165) is 43.5 Å². The smallest absolute Gasteiger partial charge is 0.382 e. The monoisotopic (exact) mass is 590 g/mol. The Balaban J connectivity index is 1.26. The van der Waals surface area contributed by atoms with Crippen LogP contribution in [0.5, 0.6) is 0 Å². The van der Waals surface area contributed by atoms with Gasteiger partial charge in [-0.3, -0.25) is 4.79 Å². The molecular weight excluding hydrogens is 553 g/mol. The Hall–Kier alpha value is -2.18. The lowest BCUT2D eigenvalue weighted by atomic mass is 9.78. The van der Waals surface area contributed by atoms with Crippen molar-refractivity contribution in [2.45, 2.75) is 50.6 Å². The third-order valence-electron chi connectivity index (χ3n) is 6.89. The first-order chi connectivity index (χ1) is 19.3. The van der Waals surface area contributed by atoms with Gasteiger partial charge in [-0.2, -0.15) is 13.2 Å². The number of benzene rings is 1. The first-order valence-electron chi connectivity index (χ1n) is 13.6. The third kappa shape index (κ3) is 11.0. The van der Waals surface area contributed by atoms with Crippen LogP contribution >= 0.6 is 11.6 Å². The van der Waals surface area contributed by atoms with Crippen molar-refractivity contribution in [3.8, 4) is 0 Å². The number of carbonyl (C=O) groups is 1. The molecule has 0 radical (unpaired) electrons. The van der Waals surface area contributed by atoms with E-state index >= 15 is 0 Å². The molecule has 40 heavy (non-hydrogen) atoms. The van der Waals surface area contributed by atoms with E-state index in [4.69, 9.17) is 35.1 Å². The van der Waals surface area contributed by atoms with Crippen LogP contribution in [-0.4, -0.2) is 70.8 Å². The molecule has 1 aliphatic carbocycles. The number of rotatable bonds is 18. The van der Waals surface area contributed by atoms with Gasteiger partial charge in [-0.15, -0.1) is 0 Å². The predicted molar refractivity (Wildman–Crippen MR) is 144 cm³/mol. The minimum atomic E-state index is -4.54. The molecule has 0 spiro atoms. The molecule has 0 aliphatic heterocycles. The molecule has 1 aliphatic rings. The summed E-state index contributed by atoms with van der Waals surface area (Å²) in [5, 5.41) is 6.94. The maximum Gasteiger partial charge on any atom is 0.417 e. The van der Waals surface area contributed by atoms with Crippen molar-refractivity contribution in [1.29, 1.82) is 0 Å². The van der Waals surface area contributed by atoms with Crippen LogP contribution in [0.25, 0.3) is 0 Å². The molecule has 1 aromatic heterocycles. The summed E-state index contributed by atoms with van der Waals surface area (Å²) in [7, 11) is 1.63. The molecule has 0 bridgehead atoms. The van der Waals surface area contributed by atoms with Crippen molar-refractivity contribution in [2.24, 2.45) is 5.92 Å². The van der Waals surface area contributed by atoms with Crippen LogP contribution in [0.3, 0.4) is 0 Å². The number of carbonyl (C=O) groups excluding carboxylic acids is 1. The summed E-state index contributed by atoms with van der Waals surface area (Å²) in [6, 6.07) is 5.11. The number of ether oxygens (including phenoxy) is 4. The van der Waals surface area contributed by atoms with E-state index < -0.39 is 16.8 Å². The Bertz CT molecular complexity index is 1030. The summed E-state index contributed by atoms with van der Waals surface area (Å²) >= 11 is 5.75. The Kier molecular flexibility index (Phi) is 13.7. The molecule has 1 N–H and O–H groups in total. The van der Waals surface area contributed by atoms with Crippen LogP contribution in [0.2, 0.25) is 5.02 Å². The van der Waals surface area contributed by atoms with Gasteiger partial charge in [0.1, 0.15) is 0 Å². The second-order valence-electron chi connectivity index (χ2n) is 9.74. The molecule has 224 valence electrons. The number of hydrogen-bond donors (Lipinski definition) is 1. The lowest BCUT2D eigenvalue weighted by molar-refractivity contribution is -0.137. The van der Waals surface area contributed by atoms with E-state index in [1.54, 1.807) is 7.11 Å². The molecule has 8 nitrogen and oxygen atoms in total. The van der Waals surface area contributed by atoms with E-state index in [1.165, 1.54) is 6.07 Å². The van der Waals surface area contributed by atoms with Crippen LogP contribution in [0.15, 0.2) is 28.8 Å². The summed E-state index contributed by atoms with van der Waals surface area (Å²) in [6.07, 6.45) is 0.237. The van der Waals surface area contributed by atoms with Gasteiger partial charge in [0.05, 0.1) is 62.5 Å². The second kappa shape index (κ2) is 16.9. The summed E-state index contributed by atoms with van der Waals surface area (Å²) in [4.78, 5) is 12.5. The first-order valence-corrected chi connectivity index (χ1v) is 14.0. The van der Waals surface area contributed by atoms with Crippen molar-refractivity contribution in [1.82, 2.24) is 5.16 Å². The largest absolute Gasteiger partial charge is 0.417 e. The fraction of sp³-hybridized carbons (Fsp3) is 0.643. The number of anilines is 1. The van der Waals surface area contributed by atoms with Crippen LogP contribution in [-0.2, 0) is 25.1 Å². The van der Waals surface area contributed by atoms with E-state index in [2.05, 4.69) is 10.5 Å². The van der Waals surface area contributed by atoms with Crippen molar-refractivity contribution < 1.29 is 41.4 Å². The van der Waals surface area contributed by atoms with Crippen LogP contribution in [0.4, 0.5) is 19.1 Å². The van der Waals surface area contributed by atoms with Gasteiger partial charge < -0.3 is 28.8 Å². The maximum absolute atomic E-state index is 12.9. The number of methoxy groups -OCH3 is 1. The fourth-order valence-corrected chi connectivity index (χ4v) is 4.93. The number of ketones is 1. The number of hydrogen-bond acceptors (Lipinski definition) is 8. The van der Waals surface area contributed by atoms with Gasteiger partial charge in [-0.05, 0) is 50.2 Å². The molecule has 0 unspecified atom stereocenters. The number of aromatic nitrogens is 1. The highest BCUT2D eigenvalue weighted by molar-refractivity contribution is 6.31. The average molecular weight is 591 g/mol. The highest BCUT2D eigenvalue weighted by Gasteiger charge is 2.33. The van der Waals surface area contributed by atoms with Crippen LogP contribution in [0, 0.1) is 5.92 Å². The number of nitrogens with one attached hydrogen (secondary N) is 1. The molecule has 2 aromatic rings. The minimum Gasteiger partial charge on any atom is -0.382 e. The fourth-order valence-electron chi connectivity index (χ4n) is 4.64. The number of nitrogens with zero attached hydrogens (tertiary/aromatic N) is 1. The summed E-state index contributed by atoms with van der Waals surface area (Å²) in [5.41, 5.74) is 0.201. The molecule has 0 amide bonds. The molecule has 0 saturated heterocycles. The Morgan fingerprint density at radius 1 is 1.00 bits per heavy atom. The van der Waals surface area contributed by atoms with E-state index in [1.807, 2.05) is 6.07 Å². The zero-order valence-corrected chi connectivity index (χ0v) is 23.5. The SMILES string of the molecule is COCCOCCOCCOCCNc1cc(C2CCC(CCC(=O)c3ccc(C(F)(F)F)c(Cl)c3)CC2)no1. The van der Waals surface area contributed by atoms with E-state index in [0.29, 0.717) is 76.9 Å². The number of halogens is 4. The molecule has 3 rings (SSSR count). The molecule has 12 heteroatoms. The summed E-state index contributed by atoms with van der Waals surface area (Å²) in [5.74, 6) is 1.10. The van der Waals surface area contributed by atoms with Crippen molar-refractivity contribution in [3.63, 3.8) is 0 Å². The predicted octanol–water partition coefficient (Wildman–Crippen LogP) is 6.39. The lowest BCUT2D eigenvalue weighted by Gasteiger charge is -2.27. The van der Waals surface area contributed by atoms with E-state index in [-0.39, 0.29) is 17.8 Å². The summed E-state index contributed by atoms with van der Waals surface area (Å²) in [6.45, 7) is 4.26. The van der Waals surface area contributed by atoms with Crippen molar-refractivity contribution >= 4 is 23.3 Å². The standard InChI is InChI=1S/C28H38ClF3N2O6/c1-36-12-13-38-16-17-39-15-14-37-11-10-33-27-19-25(34-40-27)21-5-2-20(3-6-21)4-9-26(35)22-7-8-23(24(29)18-22)28(30,31)32/h7-8,18-21,33H,2-6,9-17H2,1H3. The van der Waals surface area contributed by atoms with Crippen molar-refractivity contribution in [2.75, 3.05) is 65.2 Å². The van der Waals surface area contributed by atoms with E-state index in [9.17, 15) is 18.0 Å². The third-order valence-corrected chi connectivity index (χ3v) is 7.20. The Labute approximate surface area is 237 Å². The number of Topliss-reactive ketones (excluding diaryl/α,β-unsaturated/α-hetero) is 1. The summed E-state index contributed by atoms with van der Waals surface area (Å²) < 4.78 is 65.3. The normalized spacial score (nSPS) is 17.7. The van der Waals surface area contributed by atoms with Gasteiger partial charge >= 0.3 is 6.18 Å².